The van der Waals surface area contributed by atoms with Crippen LogP contribution in [-0.4, -0.2) is 22.8 Å². The summed E-state index contributed by atoms with van der Waals surface area (Å²) in [4.78, 5) is 4.23. The molecule has 17 heavy (non-hydrogen) atoms. The highest BCUT2D eigenvalue weighted by molar-refractivity contribution is 5.26. The number of aliphatic hydroxyl groups excluding tert-OH is 1. The van der Waals surface area contributed by atoms with Gasteiger partial charge in [0, 0.05) is 6.20 Å². The topological polar surface area (TPSA) is 42.4 Å². The second-order valence-corrected chi connectivity index (χ2v) is 4.76. The fourth-order valence-corrected chi connectivity index (χ4v) is 2.54. The lowest BCUT2D eigenvalue weighted by Gasteiger charge is -2.17. The molecule has 0 aromatic carbocycles. The summed E-state index contributed by atoms with van der Waals surface area (Å²) in [5.41, 5.74) is 1.21. The van der Waals surface area contributed by atoms with E-state index >= 15 is 0 Å². The van der Waals surface area contributed by atoms with E-state index in [9.17, 15) is 5.11 Å². The van der Waals surface area contributed by atoms with Crippen molar-refractivity contribution in [1.29, 1.82) is 0 Å². The van der Waals surface area contributed by atoms with Gasteiger partial charge in [-0.2, -0.15) is 0 Å². The van der Waals surface area contributed by atoms with Crippen molar-refractivity contribution in [3.8, 4) is 5.75 Å². The van der Waals surface area contributed by atoms with Crippen LogP contribution < -0.4 is 4.74 Å². The van der Waals surface area contributed by atoms with E-state index in [4.69, 9.17) is 4.74 Å². The largest absolute Gasteiger partial charge is 0.492 e. The summed E-state index contributed by atoms with van der Waals surface area (Å²) in [5, 5.41) is 9.84. The molecule has 1 saturated carbocycles. The van der Waals surface area contributed by atoms with Crippen LogP contribution in [-0.2, 0) is 0 Å². The molecule has 0 aliphatic heterocycles. The van der Waals surface area contributed by atoms with Gasteiger partial charge >= 0.3 is 0 Å². The van der Waals surface area contributed by atoms with Crippen LogP contribution in [0.2, 0.25) is 0 Å². The molecule has 94 valence electrons. The molecule has 0 radical (unpaired) electrons. The highest BCUT2D eigenvalue weighted by atomic mass is 16.5. The molecule has 1 fully saturated rings. The first-order valence-electron chi connectivity index (χ1n) is 6.55. The Morgan fingerprint density at radius 1 is 1.35 bits per heavy atom. The van der Waals surface area contributed by atoms with E-state index < -0.39 is 0 Å². The van der Waals surface area contributed by atoms with Gasteiger partial charge in [0.1, 0.15) is 5.75 Å². The average molecular weight is 235 g/mol. The Bertz CT molecular complexity index is 354. The Labute approximate surface area is 103 Å². The van der Waals surface area contributed by atoms with E-state index in [1.54, 1.807) is 6.20 Å². The van der Waals surface area contributed by atoms with Gasteiger partial charge < -0.3 is 9.84 Å². The van der Waals surface area contributed by atoms with E-state index in [0.717, 1.165) is 31.4 Å². The van der Waals surface area contributed by atoms with Crippen molar-refractivity contribution in [3.05, 3.63) is 24.0 Å². The molecule has 2 atom stereocenters. The first-order chi connectivity index (χ1) is 8.29. The fraction of sp³-hybridized carbons (Fsp3) is 0.643. The lowest BCUT2D eigenvalue weighted by molar-refractivity contribution is 0.152. The number of aromatic nitrogens is 1. The summed E-state index contributed by atoms with van der Waals surface area (Å²) in [6, 6.07) is 2.07. The standard InChI is InChI=1S/C14H21NO2/c1-2-17-14-8-12(9-15-10-14)11-5-3-4-6-13(16)7-11/h8-11,13,16H,2-7H2,1H3. The summed E-state index contributed by atoms with van der Waals surface area (Å²) < 4.78 is 5.47. The Balaban J connectivity index is 2.11. The van der Waals surface area contributed by atoms with E-state index in [-0.39, 0.29) is 6.10 Å². The maximum Gasteiger partial charge on any atom is 0.137 e. The highest BCUT2D eigenvalue weighted by Crippen LogP contribution is 2.32. The van der Waals surface area contributed by atoms with Gasteiger partial charge in [0.15, 0.2) is 0 Å². The lowest BCUT2D eigenvalue weighted by Crippen LogP contribution is -2.09. The van der Waals surface area contributed by atoms with Crippen molar-refractivity contribution in [2.45, 2.75) is 51.0 Å². The van der Waals surface area contributed by atoms with E-state index in [1.165, 1.54) is 12.0 Å². The van der Waals surface area contributed by atoms with Crippen LogP contribution >= 0.6 is 0 Å². The maximum atomic E-state index is 9.84. The molecule has 1 heterocycles. The number of aliphatic hydroxyl groups is 1. The fourth-order valence-electron chi connectivity index (χ4n) is 2.54. The van der Waals surface area contributed by atoms with Crippen LogP contribution in [0.15, 0.2) is 18.5 Å². The molecule has 0 bridgehead atoms. The molecular weight excluding hydrogens is 214 g/mol. The summed E-state index contributed by atoms with van der Waals surface area (Å²) in [6.07, 6.45) is 8.78. The van der Waals surface area contributed by atoms with Gasteiger partial charge in [0.2, 0.25) is 0 Å². The number of pyridine rings is 1. The number of rotatable bonds is 3. The van der Waals surface area contributed by atoms with Crippen molar-refractivity contribution in [3.63, 3.8) is 0 Å². The monoisotopic (exact) mass is 235 g/mol. The number of nitrogens with zero attached hydrogens (tertiary/aromatic N) is 1. The van der Waals surface area contributed by atoms with E-state index in [0.29, 0.717) is 12.5 Å². The minimum Gasteiger partial charge on any atom is -0.492 e. The third kappa shape index (κ3) is 3.43. The summed E-state index contributed by atoms with van der Waals surface area (Å²) >= 11 is 0. The molecule has 2 rings (SSSR count). The smallest absolute Gasteiger partial charge is 0.137 e. The molecule has 1 N–H and O–H groups in total. The first-order valence-corrected chi connectivity index (χ1v) is 6.55. The zero-order valence-corrected chi connectivity index (χ0v) is 10.4. The second kappa shape index (κ2) is 6.01. The molecule has 2 unspecified atom stereocenters. The van der Waals surface area contributed by atoms with Gasteiger partial charge in [-0.25, -0.2) is 0 Å². The number of ether oxygens (including phenoxy) is 1. The molecular formula is C14H21NO2. The van der Waals surface area contributed by atoms with Crippen molar-refractivity contribution in [1.82, 2.24) is 4.98 Å². The molecule has 1 aromatic rings. The second-order valence-electron chi connectivity index (χ2n) is 4.76. The molecule has 1 aliphatic rings. The van der Waals surface area contributed by atoms with Crippen LogP contribution in [0.1, 0.15) is 50.5 Å². The third-order valence-electron chi connectivity index (χ3n) is 3.41. The molecule has 0 amide bonds. The van der Waals surface area contributed by atoms with Gasteiger partial charge in [0.05, 0.1) is 18.9 Å². The van der Waals surface area contributed by atoms with Gasteiger partial charge in [-0.3, -0.25) is 4.98 Å². The normalized spacial score (nSPS) is 25.3. The van der Waals surface area contributed by atoms with Gasteiger partial charge in [-0.05, 0) is 43.7 Å². The molecule has 1 aromatic heterocycles. The van der Waals surface area contributed by atoms with Gasteiger partial charge in [0.25, 0.3) is 0 Å². The predicted molar refractivity (Wildman–Crippen MR) is 67.2 cm³/mol. The summed E-state index contributed by atoms with van der Waals surface area (Å²) in [7, 11) is 0. The zero-order chi connectivity index (χ0) is 12.1. The van der Waals surface area contributed by atoms with Gasteiger partial charge in [-0.1, -0.05) is 12.8 Å². The van der Waals surface area contributed by atoms with Crippen LogP contribution in [0.25, 0.3) is 0 Å². The van der Waals surface area contributed by atoms with Crippen LogP contribution in [0, 0.1) is 0 Å². The minimum atomic E-state index is -0.154. The predicted octanol–water partition coefficient (Wildman–Crippen LogP) is 2.89. The SMILES string of the molecule is CCOc1cncc(C2CCCCC(O)C2)c1. The number of hydrogen-bond acceptors (Lipinski definition) is 3. The molecule has 3 heteroatoms. The Morgan fingerprint density at radius 3 is 3.00 bits per heavy atom. The van der Waals surface area contributed by atoms with Gasteiger partial charge in [-0.15, -0.1) is 0 Å². The van der Waals surface area contributed by atoms with Crippen molar-refractivity contribution in [2.75, 3.05) is 6.61 Å². The van der Waals surface area contributed by atoms with Crippen LogP contribution in [0.3, 0.4) is 0 Å². The summed E-state index contributed by atoms with van der Waals surface area (Å²) in [5.74, 6) is 1.27. The van der Waals surface area contributed by atoms with Crippen LogP contribution in [0.4, 0.5) is 0 Å². The lowest BCUT2D eigenvalue weighted by atomic mass is 9.92. The van der Waals surface area contributed by atoms with Crippen LogP contribution in [0.5, 0.6) is 5.75 Å². The minimum absolute atomic E-state index is 0.154. The maximum absolute atomic E-state index is 9.84. The zero-order valence-electron chi connectivity index (χ0n) is 10.4. The highest BCUT2D eigenvalue weighted by Gasteiger charge is 2.20. The summed E-state index contributed by atoms with van der Waals surface area (Å²) in [6.45, 7) is 2.64. The van der Waals surface area contributed by atoms with E-state index in [2.05, 4.69) is 11.1 Å². The van der Waals surface area contributed by atoms with E-state index in [1.807, 2.05) is 13.1 Å². The molecule has 0 saturated heterocycles. The number of hydrogen-bond donors (Lipinski definition) is 1. The third-order valence-corrected chi connectivity index (χ3v) is 3.41. The van der Waals surface area contributed by atoms with Crippen molar-refractivity contribution >= 4 is 0 Å². The molecule has 0 spiro atoms. The van der Waals surface area contributed by atoms with Crippen molar-refractivity contribution in [2.24, 2.45) is 0 Å². The molecule has 3 nitrogen and oxygen atoms in total. The Hall–Kier alpha value is -1.09. The van der Waals surface area contributed by atoms with Crippen molar-refractivity contribution < 1.29 is 9.84 Å². The quantitative estimate of drug-likeness (QED) is 0.819. The first kappa shape index (κ1) is 12.4. The Morgan fingerprint density at radius 2 is 2.18 bits per heavy atom. The Kier molecular flexibility index (Phi) is 4.37. The average Bonchev–Trinajstić information content (AvgIpc) is 2.55. The molecule has 1 aliphatic carbocycles.